The van der Waals surface area contributed by atoms with Gasteiger partial charge in [-0.15, -0.1) is 11.3 Å². The molecule has 2 rings (SSSR count). The number of hydrogen-bond acceptors (Lipinski definition) is 7. The van der Waals surface area contributed by atoms with Crippen LogP contribution in [0.4, 0.5) is 0 Å². The van der Waals surface area contributed by atoms with Crippen molar-refractivity contribution >= 4 is 28.9 Å². The van der Waals surface area contributed by atoms with Crippen LogP contribution in [-0.4, -0.2) is 38.4 Å². The van der Waals surface area contributed by atoms with Gasteiger partial charge in [-0.25, -0.2) is 0 Å². The van der Waals surface area contributed by atoms with Crippen molar-refractivity contribution in [2.45, 2.75) is 26.7 Å². The summed E-state index contributed by atoms with van der Waals surface area (Å²) < 4.78 is 15.3. The van der Waals surface area contributed by atoms with Crippen LogP contribution < -0.4 is 9.47 Å². The van der Waals surface area contributed by atoms with E-state index in [0.717, 1.165) is 9.75 Å². The second-order valence-corrected chi connectivity index (χ2v) is 7.36. The lowest BCUT2D eigenvalue weighted by molar-refractivity contribution is -0.142. The fourth-order valence-corrected chi connectivity index (χ4v) is 3.53. The molecule has 7 heteroatoms. The number of aryl methyl sites for hydroxylation is 2. The third-order valence-electron chi connectivity index (χ3n) is 3.97. The number of benzene rings is 1. The first-order chi connectivity index (χ1) is 12.8. The molecule has 1 heterocycles. The lowest BCUT2D eigenvalue weighted by Gasteiger charge is -2.10. The molecule has 1 aromatic carbocycles. The Hall–Kier alpha value is -2.67. The van der Waals surface area contributed by atoms with E-state index in [9.17, 15) is 14.4 Å². The topological polar surface area (TPSA) is 78.9 Å². The summed E-state index contributed by atoms with van der Waals surface area (Å²) in [6, 6.07) is 6.59. The molecule has 0 amide bonds. The first kappa shape index (κ1) is 20.6. The number of Topliss-reactive ketones (excluding diaryl/α,β-unsaturated/α-hetero) is 2. The molecule has 0 atom stereocenters. The maximum atomic E-state index is 12.3. The minimum Gasteiger partial charge on any atom is -0.497 e. The molecule has 0 aliphatic heterocycles. The van der Waals surface area contributed by atoms with Crippen LogP contribution in [0.25, 0.3) is 0 Å². The Morgan fingerprint density at radius 3 is 2.26 bits per heavy atom. The number of methoxy groups -OCH3 is 2. The summed E-state index contributed by atoms with van der Waals surface area (Å²) in [6.07, 6.45) is -0.0178. The standard InChI is InChI=1S/C20H22O6S/c1-12-9-16(13(2)27-12)17(21)7-8-20(23)26-11-18(22)15-6-5-14(24-3)10-19(15)25-4/h5-6,9-10H,7-8,11H2,1-4H3. The number of carbonyl (C=O) groups is 3. The molecule has 0 N–H and O–H groups in total. The van der Waals surface area contributed by atoms with Crippen molar-refractivity contribution in [1.29, 1.82) is 0 Å². The summed E-state index contributed by atoms with van der Waals surface area (Å²) in [5, 5.41) is 0. The fraction of sp³-hybridized carbons (Fsp3) is 0.350. The van der Waals surface area contributed by atoms with E-state index in [1.807, 2.05) is 19.9 Å². The zero-order chi connectivity index (χ0) is 20.0. The lowest BCUT2D eigenvalue weighted by Crippen LogP contribution is -2.15. The Balaban J connectivity index is 1.87. The van der Waals surface area contributed by atoms with Crippen molar-refractivity contribution in [2.75, 3.05) is 20.8 Å². The lowest BCUT2D eigenvalue weighted by atomic mass is 10.1. The van der Waals surface area contributed by atoms with Crippen LogP contribution in [0.15, 0.2) is 24.3 Å². The average Bonchev–Trinajstić information content (AvgIpc) is 3.01. The highest BCUT2D eigenvalue weighted by atomic mass is 32.1. The molecular weight excluding hydrogens is 368 g/mol. The van der Waals surface area contributed by atoms with Crippen molar-refractivity contribution in [3.05, 3.63) is 45.1 Å². The Morgan fingerprint density at radius 2 is 1.67 bits per heavy atom. The number of rotatable bonds is 9. The molecule has 6 nitrogen and oxygen atoms in total. The summed E-state index contributed by atoms with van der Waals surface area (Å²) in [5.41, 5.74) is 0.941. The van der Waals surface area contributed by atoms with Crippen LogP contribution in [0.1, 0.15) is 43.3 Å². The Kier molecular flexibility index (Phi) is 7.12. The Labute approximate surface area is 162 Å². The highest BCUT2D eigenvalue weighted by molar-refractivity contribution is 7.12. The first-order valence-corrected chi connectivity index (χ1v) is 9.18. The van der Waals surface area contributed by atoms with Crippen LogP contribution in [0.2, 0.25) is 0 Å². The third-order valence-corrected chi connectivity index (χ3v) is 4.94. The van der Waals surface area contributed by atoms with Gasteiger partial charge >= 0.3 is 5.97 Å². The van der Waals surface area contributed by atoms with Gasteiger partial charge in [-0.2, -0.15) is 0 Å². The van der Waals surface area contributed by atoms with Gasteiger partial charge in [-0.3, -0.25) is 14.4 Å². The van der Waals surface area contributed by atoms with E-state index < -0.39 is 18.4 Å². The van der Waals surface area contributed by atoms with Crippen molar-refractivity contribution in [3.63, 3.8) is 0 Å². The van der Waals surface area contributed by atoms with Gasteiger partial charge in [0.2, 0.25) is 5.78 Å². The molecule has 0 unspecified atom stereocenters. The van der Waals surface area contributed by atoms with E-state index in [0.29, 0.717) is 22.6 Å². The molecule has 1 aromatic heterocycles. The smallest absolute Gasteiger partial charge is 0.306 e. The van der Waals surface area contributed by atoms with E-state index in [-0.39, 0.29) is 18.6 Å². The van der Waals surface area contributed by atoms with E-state index >= 15 is 0 Å². The van der Waals surface area contributed by atoms with E-state index in [1.165, 1.54) is 14.2 Å². The van der Waals surface area contributed by atoms with Gasteiger partial charge in [0.1, 0.15) is 11.5 Å². The van der Waals surface area contributed by atoms with Gasteiger partial charge in [-0.05, 0) is 32.0 Å². The number of ketones is 2. The van der Waals surface area contributed by atoms with Gasteiger partial charge in [0.05, 0.1) is 26.2 Å². The quantitative estimate of drug-likeness (QED) is 0.479. The van der Waals surface area contributed by atoms with Gasteiger partial charge < -0.3 is 14.2 Å². The molecule has 0 radical (unpaired) electrons. The maximum Gasteiger partial charge on any atom is 0.306 e. The number of carbonyl (C=O) groups excluding carboxylic acids is 3. The largest absolute Gasteiger partial charge is 0.497 e. The monoisotopic (exact) mass is 390 g/mol. The molecule has 0 saturated carbocycles. The van der Waals surface area contributed by atoms with E-state index in [2.05, 4.69) is 0 Å². The average molecular weight is 390 g/mol. The minimum atomic E-state index is -0.589. The number of hydrogen-bond donors (Lipinski definition) is 0. The highest BCUT2D eigenvalue weighted by Crippen LogP contribution is 2.25. The predicted molar refractivity (Wildman–Crippen MR) is 102 cm³/mol. The first-order valence-electron chi connectivity index (χ1n) is 8.36. The van der Waals surface area contributed by atoms with Gasteiger partial charge in [-0.1, -0.05) is 0 Å². The zero-order valence-electron chi connectivity index (χ0n) is 15.8. The van der Waals surface area contributed by atoms with Crippen molar-refractivity contribution in [3.8, 4) is 11.5 Å². The second-order valence-electron chi connectivity index (χ2n) is 5.90. The van der Waals surface area contributed by atoms with Gasteiger partial charge in [0.15, 0.2) is 12.4 Å². The van der Waals surface area contributed by atoms with Crippen LogP contribution in [0.3, 0.4) is 0 Å². The molecule has 2 aromatic rings. The SMILES string of the molecule is COc1ccc(C(=O)COC(=O)CCC(=O)c2cc(C)sc2C)c(OC)c1. The van der Waals surface area contributed by atoms with Crippen molar-refractivity contribution in [2.24, 2.45) is 0 Å². The zero-order valence-corrected chi connectivity index (χ0v) is 16.6. The van der Waals surface area contributed by atoms with Gasteiger partial charge in [0.25, 0.3) is 0 Å². The molecule has 144 valence electrons. The summed E-state index contributed by atoms with van der Waals surface area (Å²) in [4.78, 5) is 38.3. The van der Waals surface area contributed by atoms with Crippen LogP contribution >= 0.6 is 11.3 Å². The third kappa shape index (κ3) is 5.40. The Morgan fingerprint density at radius 1 is 0.926 bits per heavy atom. The molecular formula is C20H22O6S. The summed E-state index contributed by atoms with van der Waals surface area (Å²) in [5.74, 6) is -0.184. The van der Waals surface area contributed by atoms with Crippen LogP contribution in [-0.2, 0) is 9.53 Å². The van der Waals surface area contributed by atoms with Crippen LogP contribution in [0.5, 0.6) is 11.5 Å². The molecule has 27 heavy (non-hydrogen) atoms. The normalized spacial score (nSPS) is 10.4. The molecule has 0 saturated heterocycles. The second kappa shape index (κ2) is 9.32. The maximum absolute atomic E-state index is 12.3. The number of esters is 1. The highest BCUT2D eigenvalue weighted by Gasteiger charge is 2.17. The van der Waals surface area contributed by atoms with Crippen molar-refractivity contribution < 1.29 is 28.6 Å². The van der Waals surface area contributed by atoms with E-state index in [4.69, 9.17) is 14.2 Å². The molecule has 0 bridgehead atoms. The van der Waals surface area contributed by atoms with Gasteiger partial charge in [0, 0.05) is 27.8 Å². The number of ether oxygens (including phenoxy) is 3. The Bertz CT molecular complexity index is 852. The summed E-state index contributed by atoms with van der Waals surface area (Å²) >= 11 is 1.55. The summed E-state index contributed by atoms with van der Waals surface area (Å²) in [7, 11) is 2.95. The number of thiophene rings is 1. The fourth-order valence-electron chi connectivity index (χ4n) is 2.58. The molecule has 0 aliphatic rings. The van der Waals surface area contributed by atoms with Crippen molar-refractivity contribution in [1.82, 2.24) is 0 Å². The summed E-state index contributed by atoms with van der Waals surface area (Å²) in [6.45, 7) is 3.40. The van der Waals surface area contributed by atoms with Crippen LogP contribution in [0, 0.1) is 13.8 Å². The van der Waals surface area contributed by atoms with E-state index in [1.54, 1.807) is 29.5 Å². The molecule has 0 fully saturated rings. The minimum absolute atomic E-state index is 0.0515. The predicted octanol–water partition coefficient (Wildman–Crippen LogP) is 3.77. The molecule has 0 spiro atoms. The molecule has 0 aliphatic carbocycles.